The molecule has 0 heterocycles. The molecule has 0 aromatic heterocycles. The molecule has 0 saturated carbocycles. The smallest absolute Gasteiger partial charge is 0.166 e. The van der Waals surface area contributed by atoms with Crippen molar-refractivity contribution in [3.05, 3.63) is 59.9 Å². The van der Waals surface area contributed by atoms with Crippen molar-refractivity contribution in [1.29, 1.82) is 0 Å². The molecular weight excluding hydrogens is 201 g/mol. The highest BCUT2D eigenvalue weighted by Gasteiger charge is 2.09. The lowest BCUT2D eigenvalue weighted by Gasteiger charge is -2.03. The average Bonchev–Trinajstić information content (AvgIpc) is 2.22. The number of hydrogen-bond donors (Lipinski definition) is 0. The Morgan fingerprint density at radius 2 is 1.60 bits per heavy atom. The van der Waals surface area contributed by atoms with Gasteiger partial charge in [-0.25, -0.2) is 13.2 Å². The largest absolute Gasteiger partial charge is 0.206 e. The Kier molecular flexibility index (Phi) is 2.46. The maximum absolute atomic E-state index is 13.3. The van der Waals surface area contributed by atoms with Crippen molar-refractivity contribution in [1.82, 2.24) is 0 Å². The van der Waals surface area contributed by atoms with Gasteiger partial charge in [0.2, 0.25) is 0 Å². The molecule has 2 aromatic rings. The van der Waals surface area contributed by atoms with Gasteiger partial charge in [-0.1, -0.05) is 24.3 Å². The predicted octanol–water partition coefficient (Wildman–Crippen LogP) is 3.57. The zero-order valence-electron chi connectivity index (χ0n) is 7.60. The minimum absolute atomic E-state index is 0.00880. The Hall–Kier alpha value is -1.77. The minimum atomic E-state index is -0.987. The van der Waals surface area contributed by atoms with Crippen molar-refractivity contribution in [2.45, 2.75) is 0 Å². The van der Waals surface area contributed by atoms with Gasteiger partial charge in [0.1, 0.15) is 5.82 Å². The number of benzene rings is 2. The number of halogens is 3. The first-order valence-electron chi connectivity index (χ1n) is 4.30. The van der Waals surface area contributed by atoms with E-state index in [-0.39, 0.29) is 11.1 Å². The molecule has 15 heavy (non-hydrogen) atoms. The van der Waals surface area contributed by atoms with Crippen LogP contribution in [0.15, 0.2) is 36.4 Å². The van der Waals surface area contributed by atoms with Crippen LogP contribution in [0, 0.1) is 23.5 Å². The van der Waals surface area contributed by atoms with E-state index in [0.717, 1.165) is 6.07 Å². The van der Waals surface area contributed by atoms with Crippen LogP contribution < -0.4 is 0 Å². The lowest BCUT2D eigenvalue weighted by atomic mass is 10.1. The summed E-state index contributed by atoms with van der Waals surface area (Å²) in [5, 5.41) is 0. The normalized spacial score (nSPS) is 10.3. The van der Waals surface area contributed by atoms with Crippen molar-refractivity contribution in [2.75, 3.05) is 0 Å². The van der Waals surface area contributed by atoms with Gasteiger partial charge in [0, 0.05) is 11.6 Å². The molecule has 0 fully saturated rings. The fourth-order valence-corrected chi connectivity index (χ4v) is 1.31. The molecule has 0 aliphatic heterocycles. The third-order valence-corrected chi connectivity index (χ3v) is 2.00. The van der Waals surface area contributed by atoms with E-state index in [0.29, 0.717) is 0 Å². The summed E-state index contributed by atoms with van der Waals surface area (Å²) in [4.78, 5) is 0. The Bertz CT molecular complexity index is 492. The second-order valence-corrected chi connectivity index (χ2v) is 3.01. The van der Waals surface area contributed by atoms with Crippen molar-refractivity contribution >= 4 is 0 Å². The molecule has 0 nitrogen and oxygen atoms in total. The van der Waals surface area contributed by atoms with E-state index in [2.05, 4.69) is 6.07 Å². The third kappa shape index (κ3) is 1.86. The first-order chi connectivity index (χ1) is 7.18. The molecule has 0 atom stereocenters. The standard InChI is InChI=1S/C12H6F3/c13-9-4-1-3-8(7-9)10-5-2-6-11(14)12(10)15/h1-6H. The topological polar surface area (TPSA) is 0 Å². The zero-order valence-corrected chi connectivity index (χ0v) is 7.60. The molecule has 2 aromatic carbocycles. The molecule has 0 amide bonds. The van der Waals surface area contributed by atoms with E-state index < -0.39 is 17.5 Å². The van der Waals surface area contributed by atoms with Crippen LogP contribution in [0.25, 0.3) is 11.1 Å². The van der Waals surface area contributed by atoms with E-state index in [9.17, 15) is 13.2 Å². The van der Waals surface area contributed by atoms with E-state index in [4.69, 9.17) is 0 Å². The maximum Gasteiger partial charge on any atom is 0.166 e. The predicted molar refractivity (Wildman–Crippen MR) is 50.6 cm³/mol. The lowest BCUT2D eigenvalue weighted by Crippen LogP contribution is -1.89. The summed E-state index contributed by atoms with van der Waals surface area (Å²) in [6.45, 7) is 0. The highest BCUT2D eigenvalue weighted by molar-refractivity contribution is 5.63. The lowest BCUT2D eigenvalue weighted by molar-refractivity contribution is 0.511. The highest BCUT2D eigenvalue weighted by Crippen LogP contribution is 2.24. The van der Waals surface area contributed by atoms with Gasteiger partial charge in [0.05, 0.1) is 0 Å². The van der Waals surface area contributed by atoms with Crippen LogP contribution in [0.2, 0.25) is 0 Å². The summed E-state index contributed by atoms with van der Waals surface area (Å²) < 4.78 is 39.0. The summed E-state index contributed by atoms with van der Waals surface area (Å²) in [5.41, 5.74) is 0.210. The molecule has 0 bridgehead atoms. The fraction of sp³-hybridized carbons (Fsp3) is 0. The van der Waals surface area contributed by atoms with Gasteiger partial charge in [0.25, 0.3) is 0 Å². The summed E-state index contributed by atoms with van der Waals surface area (Å²) in [6, 6.07) is 10.2. The molecule has 0 aliphatic carbocycles. The van der Waals surface area contributed by atoms with Crippen molar-refractivity contribution in [3.63, 3.8) is 0 Å². The summed E-state index contributed by atoms with van der Waals surface area (Å²) in [7, 11) is 0. The Balaban J connectivity index is 2.59. The Morgan fingerprint density at radius 3 is 2.33 bits per heavy atom. The summed E-state index contributed by atoms with van der Waals surface area (Å²) in [5.74, 6) is -2.54. The molecule has 1 radical (unpaired) electrons. The van der Waals surface area contributed by atoms with Crippen molar-refractivity contribution in [3.8, 4) is 11.1 Å². The first-order valence-corrected chi connectivity index (χ1v) is 4.30. The van der Waals surface area contributed by atoms with Gasteiger partial charge in [0.15, 0.2) is 11.6 Å². The van der Waals surface area contributed by atoms with Gasteiger partial charge in [-0.2, -0.15) is 0 Å². The average molecular weight is 207 g/mol. The van der Waals surface area contributed by atoms with Gasteiger partial charge in [-0.15, -0.1) is 0 Å². The summed E-state index contributed by atoms with van der Waals surface area (Å²) >= 11 is 0. The van der Waals surface area contributed by atoms with Crippen LogP contribution in [0.5, 0.6) is 0 Å². The zero-order chi connectivity index (χ0) is 10.8. The van der Waals surface area contributed by atoms with Crippen LogP contribution >= 0.6 is 0 Å². The molecule has 0 aliphatic rings. The van der Waals surface area contributed by atoms with Crippen LogP contribution in [0.1, 0.15) is 0 Å². The molecule has 0 unspecified atom stereocenters. The SMILES string of the molecule is Fc1[c]c(-c2cccc(F)c2F)ccc1. The maximum atomic E-state index is 13.3. The van der Waals surface area contributed by atoms with Crippen molar-refractivity contribution < 1.29 is 13.2 Å². The third-order valence-electron chi connectivity index (χ3n) is 2.00. The Morgan fingerprint density at radius 1 is 0.867 bits per heavy atom. The van der Waals surface area contributed by atoms with E-state index >= 15 is 0 Å². The minimum Gasteiger partial charge on any atom is -0.206 e. The first kappa shape index (κ1) is 9.77. The highest BCUT2D eigenvalue weighted by atomic mass is 19.2. The summed E-state index contributed by atoms with van der Waals surface area (Å²) in [6.07, 6.45) is 0. The quantitative estimate of drug-likeness (QED) is 0.670. The van der Waals surface area contributed by atoms with Crippen LogP contribution in [0.4, 0.5) is 13.2 Å². The molecule has 75 valence electrons. The van der Waals surface area contributed by atoms with E-state index in [1.807, 2.05) is 0 Å². The monoisotopic (exact) mass is 207 g/mol. The van der Waals surface area contributed by atoms with Gasteiger partial charge in [-0.3, -0.25) is 0 Å². The van der Waals surface area contributed by atoms with Crippen LogP contribution in [0.3, 0.4) is 0 Å². The Labute approximate surface area is 85.0 Å². The molecule has 3 heteroatoms. The molecular formula is C12H6F3. The van der Waals surface area contributed by atoms with Crippen LogP contribution in [-0.2, 0) is 0 Å². The second-order valence-electron chi connectivity index (χ2n) is 3.01. The van der Waals surface area contributed by atoms with Crippen LogP contribution in [-0.4, -0.2) is 0 Å². The number of hydrogen-bond acceptors (Lipinski definition) is 0. The van der Waals surface area contributed by atoms with E-state index in [1.165, 1.54) is 30.3 Å². The van der Waals surface area contributed by atoms with Gasteiger partial charge in [-0.05, 0) is 17.7 Å². The molecule has 2 rings (SSSR count). The van der Waals surface area contributed by atoms with Gasteiger partial charge >= 0.3 is 0 Å². The second kappa shape index (κ2) is 3.77. The van der Waals surface area contributed by atoms with Gasteiger partial charge < -0.3 is 0 Å². The number of rotatable bonds is 1. The molecule has 0 spiro atoms. The van der Waals surface area contributed by atoms with Crippen molar-refractivity contribution in [2.24, 2.45) is 0 Å². The fourth-order valence-electron chi connectivity index (χ4n) is 1.31. The molecule has 0 N–H and O–H groups in total. The molecule has 0 saturated heterocycles. The van der Waals surface area contributed by atoms with E-state index in [1.54, 1.807) is 0 Å².